The molecule has 0 saturated carbocycles. The highest BCUT2D eigenvalue weighted by Crippen LogP contribution is 2.10. The Balaban J connectivity index is 2.02. The summed E-state index contributed by atoms with van der Waals surface area (Å²) in [7, 11) is 1.64. The first kappa shape index (κ1) is 12.3. The molecule has 0 saturated heterocycles. The van der Waals surface area contributed by atoms with Crippen LogP contribution in [0.5, 0.6) is 0 Å². The Morgan fingerprint density at radius 3 is 3.06 bits per heavy atom. The fourth-order valence-electron chi connectivity index (χ4n) is 1.46. The molecule has 0 spiro atoms. The van der Waals surface area contributed by atoms with E-state index in [2.05, 4.69) is 10.1 Å². The molecule has 0 atom stereocenters. The molecule has 0 bridgehead atoms. The van der Waals surface area contributed by atoms with Crippen molar-refractivity contribution in [1.82, 2.24) is 10.1 Å². The molecule has 0 amide bonds. The summed E-state index contributed by atoms with van der Waals surface area (Å²) in [6.45, 7) is 0.581. The first-order valence-electron chi connectivity index (χ1n) is 5.63. The molecule has 1 aromatic heterocycles. The van der Waals surface area contributed by atoms with Crippen molar-refractivity contribution in [1.29, 1.82) is 0 Å². The van der Waals surface area contributed by atoms with E-state index >= 15 is 0 Å². The Hall–Kier alpha value is -2.14. The van der Waals surface area contributed by atoms with Crippen molar-refractivity contribution in [3.8, 4) is 0 Å². The Kier molecular flexibility index (Phi) is 4.09. The molecule has 2 rings (SSSR count). The Morgan fingerprint density at radius 2 is 2.28 bits per heavy atom. The summed E-state index contributed by atoms with van der Waals surface area (Å²) >= 11 is 0. The minimum atomic E-state index is 0.475. The number of benzene rings is 1. The predicted octanol–water partition coefficient (Wildman–Crippen LogP) is 2.01. The molecule has 0 aliphatic rings. The number of hydrogen-bond acceptors (Lipinski definition) is 5. The van der Waals surface area contributed by atoms with E-state index in [0.717, 1.165) is 11.3 Å². The van der Waals surface area contributed by atoms with E-state index in [1.54, 1.807) is 13.2 Å². The summed E-state index contributed by atoms with van der Waals surface area (Å²) in [6.07, 6.45) is 4.29. The van der Waals surface area contributed by atoms with Gasteiger partial charge in [0.05, 0.1) is 6.61 Å². The van der Waals surface area contributed by atoms with Gasteiger partial charge in [0.1, 0.15) is 0 Å². The van der Waals surface area contributed by atoms with Crippen molar-refractivity contribution in [2.45, 2.75) is 6.42 Å². The fraction of sp³-hybridized carbons (Fsp3) is 0.231. The van der Waals surface area contributed by atoms with Crippen LogP contribution < -0.4 is 5.73 Å². The Morgan fingerprint density at radius 1 is 1.39 bits per heavy atom. The van der Waals surface area contributed by atoms with Crippen LogP contribution in [0, 0.1) is 0 Å². The summed E-state index contributed by atoms with van der Waals surface area (Å²) in [6, 6.07) is 7.56. The van der Waals surface area contributed by atoms with Gasteiger partial charge in [0.2, 0.25) is 0 Å². The second-order valence-corrected chi connectivity index (χ2v) is 3.80. The van der Waals surface area contributed by atoms with Gasteiger partial charge in [-0.25, -0.2) is 0 Å². The molecule has 0 aliphatic carbocycles. The van der Waals surface area contributed by atoms with Gasteiger partial charge in [0.25, 0.3) is 5.89 Å². The number of rotatable bonds is 5. The van der Waals surface area contributed by atoms with Crippen molar-refractivity contribution in [3.63, 3.8) is 0 Å². The maximum Gasteiger partial charge on any atom is 0.250 e. The van der Waals surface area contributed by atoms with Gasteiger partial charge in [0.15, 0.2) is 5.82 Å². The smallest absolute Gasteiger partial charge is 0.250 e. The summed E-state index contributed by atoms with van der Waals surface area (Å²) in [5.74, 6) is 1.12. The molecule has 18 heavy (non-hydrogen) atoms. The molecule has 94 valence electrons. The molecule has 2 N–H and O–H groups in total. The van der Waals surface area contributed by atoms with Crippen LogP contribution in [0.25, 0.3) is 12.2 Å². The van der Waals surface area contributed by atoms with Crippen LogP contribution in [0.3, 0.4) is 0 Å². The average Bonchev–Trinajstić information content (AvgIpc) is 2.82. The molecule has 0 radical (unpaired) electrons. The van der Waals surface area contributed by atoms with Crippen molar-refractivity contribution in [3.05, 3.63) is 41.5 Å². The largest absolute Gasteiger partial charge is 0.399 e. The maximum atomic E-state index is 5.69. The third-order valence-corrected chi connectivity index (χ3v) is 2.34. The summed E-state index contributed by atoms with van der Waals surface area (Å²) < 4.78 is 10.0. The Bertz CT molecular complexity index is 535. The van der Waals surface area contributed by atoms with Gasteiger partial charge in [-0.1, -0.05) is 17.3 Å². The molecule has 0 unspecified atom stereocenters. The van der Waals surface area contributed by atoms with Gasteiger partial charge in [0, 0.05) is 25.3 Å². The maximum absolute atomic E-state index is 5.69. The van der Waals surface area contributed by atoms with Crippen LogP contribution in [0.4, 0.5) is 5.69 Å². The highest BCUT2D eigenvalue weighted by Gasteiger charge is 2.02. The number of nitrogens with two attached hydrogens (primary N) is 1. The summed E-state index contributed by atoms with van der Waals surface area (Å²) in [5, 5.41) is 3.84. The zero-order valence-corrected chi connectivity index (χ0v) is 10.2. The van der Waals surface area contributed by atoms with E-state index in [4.69, 9.17) is 15.0 Å². The lowest BCUT2D eigenvalue weighted by Gasteiger charge is -1.94. The van der Waals surface area contributed by atoms with E-state index in [1.165, 1.54) is 0 Å². The lowest BCUT2D eigenvalue weighted by molar-refractivity contribution is 0.199. The minimum absolute atomic E-state index is 0.475. The molecule has 5 heteroatoms. The van der Waals surface area contributed by atoms with Gasteiger partial charge in [-0.2, -0.15) is 4.98 Å². The monoisotopic (exact) mass is 245 g/mol. The number of aromatic nitrogens is 2. The third-order valence-electron chi connectivity index (χ3n) is 2.34. The van der Waals surface area contributed by atoms with Gasteiger partial charge >= 0.3 is 0 Å². The molecule has 5 nitrogen and oxygen atoms in total. The molecule has 1 aromatic carbocycles. The van der Waals surface area contributed by atoms with Crippen molar-refractivity contribution >= 4 is 17.8 Å². The number of nitrogen functional groups attached to an aromatic ring is 1. The second-order valence-electron chi connectivity index (χ2n) is 3.80. The highest BCUT2D eigenvalue weighted by atomic mass is 16.5. The average molecular weight is 245 g/mol. The second kappa shape index (κ2) is 5.97. The summed E-state index contributed by atoms with van der Waals surface area (Å²) in [5.41, 5.74) is 7.41. The van der Waals surface area contributed by atoms with Crippen LogP contribution in [0.15, 0.2) is 28.8 Å². The number of methoxy groups -OCH3 is 1. The zero-order chi connectivity index (χ0) is 12.8. The lowest BCUT2D eigenvalue weighted by atomic mass is 10.2. The van der Waals surface area contributed by atoms with Gasteiger partial charge in [-0.15, -0.1) is 0 Å². The third kappa shape index (κ3) is 3.43. The molecule has 1 heterocycles. The SMILES string of the molecule is COCCc1noc(/C=C/c2cccc(N)c2)n1. The number of nitrogens with zero attached hydrogens (tertiary/aromatic N) is 2. The van der Waals surface area contributed by atoms with E-state index in [1.807, 2.05) is 30.3 Å². The quantitative estimate of drug-likeness (QED) is 0.815. The van der Waals surface area contributed by atoms with Crippen molar-refractivity contribution in [2.75, 3.05) is 19.5 Å². The van der Waals surface area contributed by atoms with E-state index in [0.29, 0.717) is 24.7 Å². The first-order valence-corrected chi connectivity index (χ1v) is 5.63. The molecular formula is C13H15N3O2. The molecule has 0 fully saturated rings. The normalized spacial score (nSPS) is 11.2. The molecule has 0 aliphatic heterocycles. The number of anilines is 1. The molecular weight excluding hydrogens is 230 g/mol. The van der Waals surface area contributed by atoms with Crippen molar-refractivity contribution in [2.24, 2.45) is 0 Å². The van der Waals surface area contributed by atoms with Gasteiger partial charge in [-0.05, 0) is 23.8 Å². The number of hydrogen-bond donors (Lipinski definition) is 1. The zero-order valence-electron chi connectivity index (χ0n) is 10.2. The van der Waals surface area contributed by atoms with Crippen LogP contribution in [-0.4, -0.2) is 23.9 Å². The predicted molar refractivity (Wildman–Crippen MR) is 69.7 cm³/mol. The van der Waals surface area contributed by atoms with E-state index < -0.39 is 0 Å². The van der Waals surface area contributed by atoms with Crippen LogP contribution >= 0.6 is 0 Å². The van der Waals surface area contributed by atoms with Gasteiger partial charge in [-0.3, -0.25) is 0 Å². The lowest BCUT2D eigenvalue weighted by Crippen LogP contribution is -1.95. The Labute approximate surface area is 105 Å². The minimum Gasteiger partial charge on any atom is -0.399 e. The molecule has 2 aromatic rings. The first-order chi connectivity index (χ1) is 8.78. The van der Waals surface area contributed by atoms with E-state index in [9.17, 15) is 0 Å². The van der Waals surface area contributed by atoms with E-state index in [-0.39, 0.29) is 0 Å². The highest BCUT2D eigenvalue weighted by molar-refractivity contribution is 5.67. The fourth-order valence-corrected chi connectivity index (χ4v) is 1.46. The van der Waals surface area contributed by atoms with Gasteiger partial charge < -0.3 is 15.0 Å². The topological polar surface area (TPSA) is 74.2 Å². The summed E-state index contributed by atoms with van der Waals surface area (Å²) in [4.78, 5) is 4.21. The van der Waals surface area contributed by atoms with Crippen molar-refractivity contribution < 1.29 is 9.26 Å². The van der Waals surface area contributed by atoms with Crippen LogP contribution in [0.2, 0.25) is 0 Å². The van der Waals surface area contributed by atoms with Crippen LogP contribution in [0.1, 0.15) is 17.3 Å². The standard InChI is InChI=1S/C13H15N3O2/c1-17-8-7-12-15-13(18-16-12)6-5-10-3-2-4-11(14)9-10/h2-6,9H,7-8,14H2,1H3/b6-5+. The number of ether oxygens (including phenoxy) is 1. The van der Waals surface area contributed by atoms with Crippen LogP contribution in [-0.2, 0) is 11.2 Å².